The van der Waals surface area contributed by atoms with E-state index in [0.29, 0.717) is 6.04 Å². The fourth-order valence-corrected chi connectivity index (χ4v) is 2.75. The lowest BCUT2D eigenvalue weighted by atomic mass is 10.1. The molecule has 1 aromatic rings. The largest absolute Gasteiger partial charge is 0.353 e. The van der Waals surface area contributed by atoms with Crippen LogP contribution in [0.25, 0.3) is 0 Å². The van der Waals surface area contributed by atoms with Crippen molar-refractivity contribution in [3.63, 3.8) is 0 Å². The molecule has 0 bridgehead atoms. The van der Waals surface area contributed by atoms with Gasteiger partial charge in [0.2, 0.25) is 0 Å². The van der Waals surface area contributed by atoms with Crippen molar-refractivity contribution in [3.8, 4) is 0 Å². The molecular weight excluding hydrogens is 314 g/mol. The Bertz CT molecular complexity index is 430. The Hall–Kier alpha value is -0.610. The second kappa shape index (κ2) is 7.41. The molecule has 1 aliphatic rings. The topological polar surface area (TPSA) is 28.2 Å². The molecule has 0 aliphatic heterocycles. The second-order valence-corrected chi connectivity index (χ2v) is 6.94. The minimum Gasteiger partial charge on any atom is -0.353 e. The average Bonchev–Trinajstić information content (AvgIpc) is 3.22. The highest BCUT2D eigenvalue weighted by molar-refractivity contribution is 9.10. The molecule has 2 rings (SSSR count). The Morgan fingerprint density at radius 1 is 1.45 bits per heavy atom. The van der Waals surface area contributed by atoms with Gasteiger partial charge in [-0.05, 0) is 53.7 Å². The van der Waals surface area contributed by atoms with Gasteiger partial charge in [-0.15, -0.1) is 0 Å². The lowest BCUT2D eigenvalue weighted by Gasteiger charge is -2.27. The van der Waals surface area contributed by atoms with Gasteiger partial charge in [0.15, 0.2) is 0 Å². The fourth-order valence-electron chi connectivity index (χ4n) is 2.37. The molecule has 0 aromatic carbocycles. The zero-order valence-electron chi connectivity index (χ0n) is 12.8. The number of aromatic nitrogens is 1. The van der Waals surface area contributed by atoms with Gasteiger partial charge in [-0.1, -0.05) is 20.8 Å². The fraction of sp³-hybridized carbons (Fsp3) is 0.688. The lowest BCUT2D eigenvalue weighted by molar-refractivity contribution is 0.566. The molecule has 0 unspecified atom stereocenters. The summed E-state index contributed by atoms with van der Waals surface area (Å²) in [6.45, 7) is 9.72. The van der Waals surface area contributed by atoms with Crippen molar-refractivity contribution in [2.24, 2.45) is 5.92 Å². The summed E-state index contributed by atoms with van der Waals surface area (Å²) >= 11 is 3.54. The predicted octanol–water partition coefficient (Wildman–Crippen LogP) is 3.97. The molecule has 1 fully saturated rings. The zero-order valence-corrected chi connectivity index (χ0v) is 14.4. The van der Waals surface area contributed by atoms with Crippen LogP contribution in [0.1, 0.15) is 45.6 Å². The Balaban J connectivity index is 2.17. The van der Waals surface area contributed by atoms with Crippen LogP contribution in [0.2, 0.25) is 0 Å². The van der Waals surface area contributed by atoms with Crippen LogP contribution in [-0.4, -0.2) is 24.1 Å². The summed E-state index contributed by atoms with van der Waals surface area (Å²) in [5, 5.41) is 3.42. The molecule has 0 amide bonds. The summed E-state index contributed by atoms with van der Waals surface area (Å²) < 4.78 is 1.06. The van der Waals surface area contributed by atoms with Gasteiger partial charge in [0.25, 0.3) is 0 Å². The van der Waals surface area contributed by atoms with E-state index in [1.165, 1.54) is 30.6 Å². The maximum absolute atomic E-state index is 4.71. The number of hydrogen-bond donors (Lipinski definition) is 1. The number of hydrogen-bond acceptors (Lipinski definition) is 3. The number of pyridine rings is 1. The van der Waals surface area contributed by atoms with E-state index < -0.39 is 0 Å². The van der Waals surface area contributed by atoms with Gasteiger partial charge < -0.3 is 10.2 Å². The molecule has 0 saturated heterocycles. The highest BCUT2D eigenvalue weighted by atomic mass is 79.9. The van der Waals surface area contributed by atoms with Crippen LogP contribution >= 0.6 is 15.9 Å². The van der Waals surface area contributed by atoms with E-state index in [4.69, 9.17) is 4.98 Å². The zero-order chi connectivity index (χ0) is 14.5. The number of nitrogens with zero attached hydrogens (tertiary/aromatic N) is 2. The molecule has 4 heteroatoms. The molecule has 20 heavy (non-hydrogen) atoms. The average molecular weight is 340 g/mol. The van der Waals surface area contributed by atoms with Crippen LogP contribution in [0.3, 0.4) is 0 Å². The van der Waals surface area contributed by atoms with E-state index in [9.17, 15) is 0 Å². The Kier molecular flexibility index (Phi) is 5.85. The number of nitrogens with one attached hydrogen (secondary N) is 1. The van der Waals surface area contributed by atoms with Gasteiger partial charge in [-0.2, -0.15) is 0 Å². The SMILES string of the molecule is CCNCc1cc(Br)cnc1N(CCC(C)C)C1CC1. The van der Waals surface area contributed by atoms with Gasteiger partial charge in [0.05, 0.1) is 0 Å². The standard InChI is InChI=1S/C16H26BrN3/c1-4-18-10-13-9-14(17)11-19-16(13)20(15-5-6-15)8-7-12(2)3/h9,11-12,15,18H,4-8,10H2,1-3H3. The van der Waals surface area contributed by atoms with Gasteiger partial charge in [-0.3, -0.25) is 0 Å². The van der Waals surface area contributed by atoms with Crippen molar-refractivity contribution < 1.29 is 0 Å². The van der Waals surface area contributed by atoms with E-state index in [-0.39, 0.29) is 0 Å². The van der Waals surface area contributed by atoms with Gasteiger partial charge >= 0.3 is 0 Å². The molecule has 1 aliphatic carbocycles. The van der Waals surface area contributed by atoms with Crippen LogP contribution < -0.4 is 10.2 Å². The van der Waals surface area contributed by atoms with Crippen molar-refractivity contribution in [1.82, 2.24) is 10.3 Å². The number of halogens is 1. The van der Waals surface area contributed by atoms with Crippen molar-refractivity contribution >= 4 is 21.7 Å². The van der Waals surface area contributed by atoms with Crippen LogP contribution in [0.15, 0.2) is 16.7 Å². The molecule has 0 radical (unpaired) electrons. The number of anilines is 1. The summed E-state index contributed by atoms with van der Waals surface area (Å²) in [5.74, 6) is 1.92. The molecule has 1 N–H and O–H groups in total. The first-order chi connectivity index (χ1) is 9.61. The molecule has 0 spiro atoms. The van der Waals surface area contributed by atoms with E-state index in [1.54, 1.807) is 0 Å². The summed E-state index contributed by atoms with van der Waals surface area (Å²) in [7, 11) is 0. The van der Waals surface area contributed by atoms with Crippen LogP contribution in [0, 0.1) is 5.92 Å². The third-order valence-corrected chi connectivity index (χ3v) is 4.12. The number of rotatable bonds is 8. The molecule has 3 nitrogen and oxygen atoms in total. The molecular formula is C16H26BrN3. The molecule has 1 aromatic heterocycles. The summed E-state index contributed by atoms with van der Waals surface area (Å²) in [6.07, 6.45) is 5.79. The highest BCUT2D eigenvalue weighted by Crippen LogP contribution is 2.33. The van der Waals surface area contributed by atoms with Crippen molar-refractivity contribution in [2.75, 3.05) is 18.0 Å². The molecule has 0 atom stereocenters. The maximum atomic E-state index is 4.71. The Morgan fingerprint density at radius 2 is 2.20 bits per heavy atom. The van der Waals surface area contributed by atoms with E-state index >= 15 is 0 Å². The quantitative estimate of drug-likeness (QED) is 0.776. The minimum absolute atomic E-state index is 0.711. The summed E-state index contributed by atoms with van der Waals surface area (Å²) in [5.41, 5.74) is 1.30. The third kappa shape index (κ3) is 4.45. The molecule has 1 saturated carbocycles. The maximum Gasteiger partial charge on any atom is 0.133 e. The first kappa shape index (κ1) is 15.8. The summed E-state index contributed by atoms with van der Waals surface area (Å²) in [4.78, 5) is 7.24. The van der Waals surface area contributed by atoms with Gasteiger partial charge in [0.1, 0.15) is 5.82 Å². The normalized spacial score (nSPS) is 14.8. The minimum atomic E-state index is 0.711. The van der Waals surface area contributed by atoms with Crippen LogP contribution in [0.4, 0.5) is 5.82 Å². The Labute approximate surface area is 131 Å². The van der Waals surface area contributed by atoms with Crippen molar-refractivity contribution in [2.45, 2.75) is 52.6 Å². The lowest BCUT2D eigenvalue weighted by Crippen LogP contribution is -2.30. The third-order valence-electron chi connectivity index (χ3n) is 3.68. The Morgan fingerprint density at radius 3 is 2.80 bits per heavy atom. The van der Waals surface area contributed by atoms with Crippen molar-refractivity contribution in [1.29, 1.82) is 0 Å². The highest BCUT2D eigenvalue weighted by Gasteiger charge is 2.31. The first-order valence-corrected chi connectivity index (χ1v) is 8.53. The van der Waals surface area contributed by atoms with Gasteiger partial charge in [-0.25, -0.2) is 4.98 Å². The van der Waals surface area contributed by atoms with E-state index in [0.717, 1.165) is 30.0 Å². The second-order valence-electron chi connectivity index (χ2n) is 6.02. The molecule has 112 valence electrons. The molecule has 1 heterocycles. The van der Waals surface area contributed by atoms with E-state index in [2.05, 4.69) is 53.0 Å². The monoisotopic (exact) mass is 339 g/mol. The van der Waals surface area contributed by atoms with Crippen LogP contribution in [0.5, 0.6) is 0 Å². The summed E-state index contributed by atoms with van der Waals surface area (Å²) in [6, 6.07) is 2.92. The van der Waals surface area contributed by atoms with E-state index in [1.807, 2.05) is 6.20 Å². The van der Waals surface area contributed by atoms with Crippen molar-refractivity contribution in [3.05, 3.63) is 22.3 Å². The van der Waals surface area contributed by atoms with Crippen LogP contribution in [-0.2, 0) is 6.54 Å². The smallest absolute Gasteiger partial charge is 0.133 e. The first-order valence-electron chi connectivity index (χ1n) is 7.73. The predicted molar refractivity (Wildman–Crippen MR) is 89.1 cm³/mol. The van der Waals surface area contributed by atoms with Gasteiger partial charge in [0, 0.05) is 35.4 Å².